The van der Waals surface area contributed by atoms with Crippen molar-refractivity contribution in [2.24, 2.45) is 5.92 Å². The number of halogens is 3. The quantitative estimate of drug-likeness (QED) is 0.878. The first-order chi connectivity index (χ1) is 11.1. The van der Waals surface area contributed by atoms with E-state index in [-0.39, 0.29) is 24.9 Å². The molecule has 1 amide bonds. The van der Waals surface area contributed by atoms with Crippen molar-refractivity contribution in [1.29, 1.82) is 0 Å². The molecule has 1 saturated heterocycles. The number of amides is 1. The number of aromatic nitrogens is 1. The van der Waals surface area contributed by atoms with Gasteiger partial charge in [0.2, 0.25) is 5.91 Å². The van der Waals surface area contributed by atoms with Gasteiger partial charge in [0.15, 0.2) is 0 Å². The minimum absolute atomic E-state index is 0.135. The largest absolute Gasteiger partial charge is 0.419 e. The van der Waals surface area contributed by atoms with Crippen molar-refractivity contribution < 1.29 is 23.1 Å². The van der Waals surface area contributed by atoms with Gasteiger partial charge in [-0.3, -0.25) is 4.79 Å². The first kappa shape index (κ1) is 18.5. The molecular weight excluding hydrogens is 323 g/mol. The fraction of sp³-hybridized carbons (Fsp3) is 0.625. The molecular formula is C16H22F3N3O2. The Kier molecular flexibility index (Phi) is 5.37. The van der Waals surface area contributed by atoms with Crippen molar-refractivity contribution >= 4 is 11.7 Å². The lowest BCUT2D eigenvalue weighted by molar-refractivity contribution is -0.137. The Morgan fingerprint density at radius 2 is 2.17 bits per heavy atom. The summed E-state index contributed by atoms with van der Waals surface area (Å²) >= 11 is 0. The molecule has 1 aromatic rings. The second kappa shape index (κ2) is 6.96. The lowest BCUT2D eigenvalue weighted by atomic mass is 9.95. The molecule has 0 spiro atoms. The van der Waals surface area contributed by atoms with Crippen LogP contribution in [0.5, 0.6) is 0 Å². The summed E-state index contributed by atoms with van der Waals surface area (Å²) in [6, 6.07) is 2.26. The van der Waals surface area contributed by atoms with Crippen LogP contribution in [0.2, 0.25) is 0 Å². The Bertz CT molecular complexity index is 590. The number of nitrogens with zero attached hydrogens (tertiary/aromatic N) is 2. The lowest BCUT2D eigenvalue weighted by Crippen LogP contribution is -2.52. The van der Waals surface area contributed by atoms with Crippen LogP contribution in [0, 0.1) is 5.92 Å². The molecule has 0 bridgehead atoms. The van der Waals surface area contributed by atoms with E-state index < -0.39 is 23.2 Å². The monoisotopic (exact) mass is 345 g/mol. The number of rotatable bonds is 4. The van der Waals surface area contributed by atoms with Gasteiger partial charge in [0.05, 0.1) is 23.6 Å². The van der Waals surface area contributed by atoms with Gasteiger partial charge in [0.1, 0.15) is 5.82 Å². The molecule has 1 aliphatic heterocycles. The van der Waals surface area contributed by atoms with Crippen LogP contribution >= 0.6 is 0 Å². The van der Waals surface area contributed by atoms with E-state index in [1.165, 1.54) is 17.2 Å². The number of carbonyl (C=O) groups excluding carboxylic acids is 1. The van der Waals surface area contributed by atoms with E-state index in [4.69, 9.17) is 0 Å². The Morgan fingerprint density at radius 1 is 1.46 bits per heavy atom. The number of nitrogens with one attached hydrogen (secondary N) is 1. The predicted molar refractivity (Wildman–Crippen MR) is 83.5 cm³/mol. The Hall–Kier alpha value is -1.83. The van der Waals surface area contributed by atoms with E-state index in [9.17, 15) is 23.1 Å². The Balaban J connectivity index is 2.16. The molecule has 8 heteroatoms. The highest BCUT2D eigenvalue weighted by molar-refractivity contribution is 5.80. The molecule has 0 aliphatic carbocycles. The van der Waals surface area contributed by atoms with Gasteiger partial charge in [0, 0.05) is 19.3 Å². The first-order valence-corrected chi connectivity index (χ1v) is 7.84. The smallest absolute Gasteiger partial charge is 0.394 e. The first-order valence-electron chi connectivity index (χ1n) is 7.84. The van der Waals surface area contributed by atoms with Gasteiger partial charge >= 0.3 is 6.18 Å². The van der Waals surface area contributed by atoms with Crippen LogP contribution in [0.4, 0.5) is 19.0 Å². The lowest BCUT2D eigenvalue weighted by Gasteiger charge is -2.35. The van der Waals surface area contributed by atoms with E-state index in [0.717, 1.165) is 6.07 Å². The summed E-state index contributed by atoms with van der Waals surface area (Å²) in [5.74, 6) is -0.833. The molecule has 1 fully saturated rings. The minimum Gasteiger partial charge on any atom is -0.394 e. The van der Waals surface area contributed by atoms with Gasteiger partial charge in [-0.1, -0.05) is 0 Å². The number of carbonyl (C=O) groups is 1. The van der Waals surface area contributed by atoms with Gasteiger partial charge in [0.25, 0.3) is 0 Å². The topological polar surface area (TPSA) is 65.5 Å². The summed E-state index contributed by atoms with van der Waals surface area (Å²) < 4.78 is 39.5. The highest BCUT2D eigenvalue weighted by atomic mass is 19.4. The average Bonchev–Trinajstić information content (AvgIpc) is 2.54. The van der Waals surface area contributed by atoms with Gasteiger partial charge in [-0.25, -0.2) is 4.98 Å². The molecule has 1 aromatic heterocycles. The zero-order valence-corrected chi connectivity index (χ0v) is 13.7. The third-order valence-corrected chi connectivity index (χ3v) is 4.04. The Morgan fingerprint density at radius 3 is 2.79 bits per heavy atom. The maximum atomic E-state index is 13.2. The SMILES string of the molecule is CC(C)(CO)NC(=O)C1CCCN(c2ncccc2C(F)(F)F)C1. The molecule has 2 rings (SSSR count). The molecule has 0 saturated carbocycles. The molecule has 24 heavy (non-hydrogen) atoms. The highest BCUT2D eigenvalue weighted by Crippen LogP contribution is 2.36. The summed E-state index contributed by atoms with van der Waals surface area (Å²) in [6.07, 6.45) is -1.97. The summed E-state index contributed by atoms with van der Waals surface area (Å²) in [5, 5.41) is 12.0. The fourth-order valence-corrected chi connectivity index (χ4v) is 2.73. The van der Waals surface area contributed by atoms with Crippen LogP contribution in [-0.2, 0) is 11.0 Å². The van der Waals surface area contributed by atoms with Crippen LogP contribution in [0.25, 0.3) is 0 Å². The van der Waals surface area contributed by atoms with Crippen LogP contribution in [0.1, 0.15) is 32.3 Å². The van der Waals surface area contributed by atoms with E-state index in [2.05, 4.69) is 10.3 Å². The molecule has 0 radical (unpaired) electrons. The van der Waals surface area contributed by atoms with E-state index in [1.807, 2.05) is 0 Å². The predicted octanol–water partition coefficient (Wildman–Crippen LogP) is 2.20. The molecule has 1 aliphatic rings. The zero-order chi connectivity index (χ0) is 18.0. The fourth-order valence-electron chi connectivity index (χ4n) is 2.73. The number of aliphatic hydroxyl groups is 1. The number of anilines is 1. The highest BCUT2D eigenvalue weighted by Gasteiger charge is 2.37. The summed E-state index contributed by atoms with van der Waals surface area (Å²) in [7, 11) is 0. The summed E-state index contributed by atoms with van der Waals surface area (Å²) in [5.41, 5.74) is -1.55. The molecule has 2 N–H and O–H groups in total. The van der Waals surface area contributed by atoms with Crippen LogP contribution in [-0.4, -0.2) is 41.2 Å². The molecule has 134 valence electrons. The standard InChI is InChI=1S/C16H22F3N3O2/c1-15(2,10-23)21-14(24)11-5-4-8-22(9-11)13-12(16(17,18)19)6-3-7-20-13/h3,6-7,11,23H,4-5,8-10H2,1-2H3,(H,21,24). The molecule has 1 unspecified atom stereocenters. The van der Waals surface area contributed by atoms with Crippen LogP contribution in [0.3, 0.4) is 0 Å². The van der Waals surface area contributed by atoms with Crippen molar-refractivity contribution in [3.05, 3.63) is 23.9 Å². The second-order valence-corrected chi connectivity index (χ2v) is 6.69. The average molecular weight is 345 g/mol. The normalized spacial score (nSPS) is 19.2. The van der Waals surface area contributed by atoms with Crippen molar-refractivity contribution in [2.75, 3.05) is 24.6 Å². The molecule has 0 aromatic carbocycles. The number of hydrogen-bond donors (Lipinski definition) is 2. The van der Waals surface area contributed by atoms with Crippen molar-refractivity contribution in [2.45, 2.75) is 38.4 Å². The zero-order valence-electron chi connectivity index (χ0n) is 13.7. The number of aliphatic hydroxyl groups excluding tert-OH is 1. The van der Waals surface area contributed by atoms with Crippen molar-refractivity contribution in [3.8, 4) is 0 Å². The van der Waals surface area contributed by atoms with E-state index in [1.54, 1.807) is 13.8 Å². The van der Waals surface area contributed by atoms with Gasteiger partial charge in [-0.05, 0) is 38.8 Å². The van der Waals surface area contributed by atoms with Gasteiger partial charge in [-0.2, -0.15) is 13.2 Å². The maximum Gasteiger partial charge on any atom is 0.419 e. The van der Waals surface area contributed by atoms with Gasteiger partial charge in [-0.15, -0.1) is 0 Å². The van der Waals surface area contributed by atoms with Crippen molar-refractivity contribution in [1.82, 2.24) is 10.3 Å². The maximum absolute atomic E-state index is 13.2. The Labute approximate surface area is 138 Å². The minimum atomic E-state index is -4.49. The molecule has 5 nitrogen and oxygen atoms in total. The number of piperidine rings is 1. The number of pyridine rings is 1. The summed E-state index contributed by atoms with van der Waals surface area (Å²) in [4.78, 5) is 17.7. The number of alkyl halides is 3. The molecule has 1 atom stereocenters. The van der Waals surface area contributed by atoms with Crippen molar-refractivity contribution in [3.63, 3.8) is 0 Å². The van der Waals surface area contributed by atoms with Gasteiger partial charge < -0.3 is 15.3 Å². The summed E-state index contributed by atoms with van der Waals surface area (Å²) in [6.45, 7) is 3.76. The second-order valence-electron chi connectivity index (χ2n) is 6.69. The number of hydrogen-bond acceptors (Lipinski definition) is 4. The third kappa shape index (κ3) is 4.37. The van der Waals surface area contributed by atoms with E-state index in [0.29, 0.717) is 19.4 Å². The van der Waals surface area contributed by atoms with E-state index >= 15 is 0 Å². The van der Waals surface area contributed by atoms with Crippen LogP contribution in [0.15, 0.2) is 18.3 Å². The molecule has 2 heterocycles. The van der Waals surface area contributed by atoms with Crippen LogP contribution < -0.4 is 10.2 Å². The third-order valence-electron chi connectivity index (χ3n) is 4.04.